The van der Waals surface area contributed by atoms with E-state index in [0.29, 0.717) is 27.4 Å². The molecule has 0 aliphatic rings. The lowest BCUT2D eigenvalue weighted by molar-refractivity contribution is 0.102. The number of carbonyl (C=O) groups is 1. The van der Waals surface area contributed by atoms with Gasteiger partial charge in [-0.2, -0.15) is 4.68 Å². The van der Waals surface area contributed by atoms with Crippen LogP contribution >= 0.6 is 23.4 Å². The summed E-state index contributed by atoms with van der Waals surface area (Å²) < 4.78 is 6.74. The molecule has 0 aliphatic heterocycles. The molecule has 27 heavy (non-hydrogen) atoms. The minimum atomic E-state index is -0.0609. The number of hydrogen-bond donors (Lipinski definition) is 0. The van der Waals surface area contributed by atoms with Gasteiger partial charge in [0.1, 0.15) is 5.75 Å². The summed E-state index contributed by atoms with van der Waals surface area (Å²) in [5, 5.41) is 12.8. The van der Waals surface area contributed by atoms with Crippen LogP contribution in [0, 0.1) is 0 Å². The van der Waals surface area contributed by atoms with Gasteiger partial charge in [-0.05, 0) is 52.2 Å². The number of ketones is 1. The van der Waals surface area contributed by atoms with Gasteiger partial charge in [0.25, 0.3) is 0 Å². The number of halogens is 1. The summed E-state index contributed by atoms with van der Waals surface area (Å²) >= 11 is 7.37. The fraction of sp³-hybridized carbons (Fsp3) is 0.263. The van der Waals surface area contributed by atoms with Gasteiger partial charge in [0.2, 0.25) is 5.16 Å². The zero-order valence-electron chi connectivity index (χ0n) is 15.2. The molecular weight excluding hydrogens is 384 g/mol. The number of thioether (sulfide) groups is 1. The summed E-state index contributed by atoms with van der Waals surface area (Å²) in [6.45, 7) is 4.29. The Morgan fingerprint density at radius 1 is 1.22 bits per heavy atom. The van der Waals surface area contributed by atoms with Crippen molar-refractivity contribution in [2.24, 2.45) is 0 Å². The second-order valence-corrected chi connectivity index (χ2v) is 7.53. The SMILES string of the molecule is COc1ccc(C(=O)CSc2nnnn2-c2ccc(C(C)C)cc2)cc1Cl. The standard InChI is InChI=1S/C19H19ClN4O2S/c1-12(2)13-4-7-15(8-5-13)24-19(21-22-23-24)27-11-17(25)14-6-9-18(26-3)16(20)10-14/h4-10,12H,11H2,1-3H3. The van der Waals surface area contributed by atoms with E-state index >= 15 is 0 Å². The van der Waals surface area contributed by atoms with E-state index in [4.69, 9.17) is 16.3 Å². The number of Topliss-reactive ketones (excluding diaryl/α,β-unsaturated/α-hetero) is 1. The Labute approximate surface area is 166 Å². The Bertz CT molecular complexity index is 941. The van der Waals surface area contributed by atoms with Crippen molar-refractivity contribution >= 4 is 29.1 Å². The summed E-state index contributed by atoms with van der Waals surface area (Å²) in [6.07, 6.45) is 0. The molecule has 3 aromatic rings. The first-order valence-corrected chi connectivity index (χ1v) is 9.74. The van der Waals surface area contributed by atoms with Gasteiger partial charge >= 0.3 is 0 Å². The Balaban J connectivity index is 1.71. The molecule has 0 fully saturated rings. The van der Waals surface area contributed by atoms with E-state index in [1.54, 1.807) is 22.9 Å². The monoisotopic (exact) mass is 402 g/mol. The maximum Gasteiger partial charge on any atom is 0.214 e. The minimum absolute atomic E-state index is 0.0609. The largest absolute Gasteiger partial charge is 0.495 e. The molecule has 1 heterocycles. The molecule has 0 saturated heterocycles. The molecule has 6 nitrogen and oxygen atoms in total. The third-order valence-corrected chi connectivity index (χ3v) is 5.27. The van der Waals surface area contributed by atoms with Gasteiger partial charge in [0.15, 0.2) is 5.78 Å². The van der Waals surface area contributed by atoms with Crippen molar-refractivity contribution in [3.8, 4) is 11.4 Å². The number of hydrogen-bond acceptors (Lipinski definition) is 6. The van der Waals surface area contributed by atoms with Crippen LogP contribution in [0.25, 0.3) is 5.69 Å². The molecule has 0 atom stereocenters. The van der Waals surface area contributed by atoms with E-state index in [9.17, 15) is 4.79 Å². The van der Waals surface area contributed by atoms with Crippen LogP contribution < -0.4 is 4.74 Å². The first-order chi connectivity index (χ1) is 13.0. The maximum absolute atomic E-state index is 12.5. The fourth-order valence-electron chi connectivity index (χ4n) is 2.48. The molecule has 0 radical (unpaired) electrons. The van der Waals surface area contributed by atoms with Crippen molar-refractivity contribution in [3.05, 3.63) is 58.6 Å². The summed E-state index contributed by atoms with van der Waals surface area (Å²) in [6, 6.07) is 13.0. The third-order valence-electron chi connectivity index (χ3n) is 4.05. The molecule has 140 valence electrons. The first kappa shape index (κ1) is 19.4. The smallest absolute Gasteiger partial charge is 0.214 e. The summed E-state index contributed by atoms with van der Waals surface area (Å²) in [7, 11) is 1.53. The molecule has 0 spiro atoms. The number of nitrogens with zero attached hydrogens (tertiary/aromatic N) is 4. The number of aromatic nitrogens is 4. The van der Waals surface area contributed by atoms with Gasteiger partial charge in [0.05, 0.1) is 23.6 Å². The lowest BCUT2D eigenvalue weighted by Gasteiger charge is -2.08. The van der Waals surface area contributed by atoms with E-state index in [2.05, 4.69) is 41.5 Å². The molecule has 0 unspecified atom stereocenters. The molecule has 0 aliphatic carbocycles. The predicted molar refractivity (Wildman–Crippen MR) is 106 cm³/mol. The number of methoxy groups -OCH3 is 1. The summed E-state index contributed by atoms with van der Waals surface area (Å²) in [5.41, 5.74) is 2.62. The van der Waals surface area contributed by atoms with Crippen molar-refractivity contribution in [1.29, 1.82) is 0 Å². The Morgan fingerprint density at radius 3 is 2.59 bits per heavy atom. The number of rotatable bonds is 7. The average molecular weight is 403 g/mol. The zero-order chi connectivity index (χ0) is 19.4. The highest BCUT2D eigenvalue weighted by molar-refractivity contribution is 7.99. The van der Waals surface area contributed by atoms with E-state index in [-0.39, 0.29) is 11.5 Å². The average Bonchev–Trinajstić information content (AvgIpc) is 3.14. The van der Waals surface area contributed by atoms with Crippen LogP contribution in [0.4, 0.5) is 0 Å². The molecule has 3 rings (SSSR count). The fourth-order valence-corrected chi connectivity index (χ4v) is 3.53. The van der Waals surface area contributed by atoms with Crippen LogP contribution in [0.3, 0.4) is 0 Å². The van der Waals surface area contributed by atoms with E-state index < -0.39 is 0 Å². The van der Waals surface area contributed by atoms with Crippen LogP contribution in [-0.2, 0) is 0 Å². The second-order valence-electron chi connectivity index (χ2n) is 6.18. The molecule has 0 saturated carbocycles. The summed E-state index contributed by atoms with van der Waals surface area (Å²) in [5.74, 6) is 1.13. The molecule has 0 N–H and O–H groups in total. The first-order valence-electron chi connectivity index (χ1n) is 8.38. The van der Waals surface area contributed by atoms with Crippen molar-refractivity contribution in [3.63, 3.8) is 0 Å². The number of ether oxygens (including phenoxy) is 1. The number of benzene rings is 2. The van der Waals surface area contributed by atoms with E-state index in [0.717, 1.165) is 5.69 Å². The normalized spacial score (nSPS) is 11.0. The molecular formula is C19H19ClN4O2S. The quantitative estimate of drug-likeness (QED) is 0.430. The second kappa shape index (κ2) is 8.54. The van der Waals surface area contributed by atoms with Crippen LogP contribution in [0.5, 0.6) is 5.75 Å². The van der Waals surface area contributed by atoms with Gasteiger partial charge in [-0.1, -0.05) is 49.3 Å². The predicted octanol–water partition coefficient (Wildman–Crippen LogP) is 4.42. The van der Waals surface area contributed by atoms with Gasteiger partial charge in [0, 0.05) is 5.56 Å². The molecule has 8 heteroatoms. The molecule has 0 amide bonds. The number of carbonyl (C=O) groups excluding carboxylic acids is 1. The van der Waals surface area contributed by atoms with Crippen LogP contribution in [-0.4, -0.2) is 38.9 Å². The minimum Gasteiger partial charge on any atom is -0.495 e. The van der Waals surface area contributed by atoms with Crippen molar-refractivity contribution < 1.29 is 9.53 Å². The lowest BCUT2D eigenvalue weighted by atomic mass is 10.0. The zero-order valence-corrected chi connectivity index (χ0v) is 16.8. The van der Waals surface area contributed by atoms with Gasteiger partial charge in [-0.15, -0.1) is 5.10 Å². The van der Waals surface area contributed by atoms with E-state index in [1.807, 2.05) is 12.1 Å². The third kappa shape index (κ3) is 4.48. The highest BCUT2D eigenvalue weighted by Gasteiger charge is 2.14. The van der Waals surface area contributed by atoms with Crippen LogP contribution in [0.15, 0.2) is 47.6 Å². The van der Waals surface area contributed by atoms with Crippen LogP contribution in [0.1, 0.15) is 35.7 Å². The van der Waals surface area contributed by atoms with Crippen molar-refractivity contribution in [2.45, 2.75) is 24.9 Å². The van der Waals surface area contributed by atoms with Gasteiger partial charge in [-0.25, -0.2) is 0 Å². The number of tetrazole rings is 1. The Morgan fingerprint density at radius 2 is 1.96 bits per heavy atom. The highest BCUT2D eigenvalue weighted by atomic mass is 35.5. The molecule has 2 aromatic carbocycles. The van der Waals surface area contributed by atoms with Gasteiger partial charge < -0.3 is 4.74 Å². The van der Waals surface area contributed by atoms with Crippen molar-refractivity contribution in [1.82, 2.24) is 20.2 Å². The van der Waals surface area contributed by atoms with Gasteiger partial charge in [-0.3, -0.25) is 4.79 Å². The maximum atomic E-state index is 12.5. The lowest BCUT2D eigenvalue weighted by Crippen LogP contribution is -2.05. The summed E-state index contributed by atoms with van der Waals surface area (Å²) in [4.78, 5) is 12.5. The van der Waals surface area contributed by atoms with E-state index in [1.165, 1.54) is 24.4 Å². The molecule has 1 aromatic heterocycles. The molecule has 0 bridgehead atoms. The van der Waals surface area contributed by atoms with Crippen molar-refractivity contribution in [2.75, 3.05) is 12.9 Å². The Hall–Kier alpha value is -2.38. The van der Waals surface area contributed by atoms with Crippen LogP contribution in [0.2, 0.25) is 5.02 Å². The highest BCUT2D eigenvalue weighted by Crippen LogP contribution is 2.26. The Kier molecular flexibility index (Phi) is 6.13. The topological polar surface area (TPSA) is 69.9 Å².